The largest absolute Gasteiger partial charge is 0.497 e. The summed E-state index contributed by atoms with van der Waals surface area (Å²) in [5, 5.41) is 9.58. The van der Waals surface area contributed by atoms with Crippen LogP contribution in [0.25, 0.3) is 0 Å². The number of carbonyl (C=O) groups is 2. The topological polar surface area (TPSA) is 86.1 Å². The molecule has 2 fully saturated rings. The Bertz CT molecular complexity index is 873. The van der Waals surface area contributed by atoms with Crippen LogP contribution < -0.4 is 9.64 Å². The van der Waals surface area contributed by atoms with E-state index in [1.54, 1.807) is 16.9 Å². The van der Waals surface area contributed by atoms with Gasteiger partial charge in [-0.05, 0) is 70.7 Å². The monoisotopic (exact) mass is 442 g/mol. The first-order valence-corrected chi connectivity index (χ1v) is 11.2. The van der Waals surface area contributed by atoms with Gasteiger partial charge in [0.1, 0.15) is 22.9 Å². The molecule has 1 aromatic rings. The molecule has 8 nitrogen and oxygen atoms in total. The minimum absolute atomic E-state index is 0.162. The Morgan fingerprint density at radius 3 is 2.50 bits per heavy atom. The number of carbonyl (C=O) groups excluding carboxylic acids is 2. The van der Waals surface area contributed by atoms with Gasteiger partial charge in [-0.15, -0.1) is 0 Å². The lowest BCUT2D eigenvalue weighted by molar-refractivity contribution is -0.142. The Hall–Kier alpha value is -2.95. The van der Waals surface area contributed by atoms with Gasteiger partial charge in [0.25, 0.3) is 5.91 Å². The highest BCUT2D eigenvalue weighted by molar-refractivity contribution is 5.92. The number of ether oxygens (including phenoxy) is 2. The first kappa shape index (κ1) is 23.7. The third-order valence-corrected chi connectivity index (χ3v) is 6.18. The highest BCUT2D eigenvalue weighted by Gasteiger charge is 2.54. The molecule has 0 unspecified atom stereocenters. The van der Waals surface area contributed by atoms with Gasteiger partial charge in [0, 0.05) is 25.8 Å². The Morgan fingerprint density at radius 1 is 1.22 bits per heavy atom. The van der Waals surface area contributed by atoms with E-state index in [4.69, 9.17) is 9.47 Å². The summed E-state index contributed by atoms with van der Waals surface area (Å²) in [6.07, 6.45) is 2.20. The summed E-state index contributed by atoms with van der Waals surface area (Å²) in [5.41, 5.74) is -0.845. The number of nitrogens with zero attached hydrogens (tertiary/aromatic N) is 4. The molecule has 0 aliphatic carbocycles. The number of nitriles is 1. The highest BCUT2D eigenvalue weighted by atomic mass is 16.6. The maximum Gasteiger partial charge on any atom is 0.411 e. The average molecular weight is 443 g/mol. The first-order valence-electron chi connectivity index (χ1n) is 11.2. The van der Waals surface area contributed by atoms with Gasteiger partial charge in [-0.25, -0.2) is 4.79 Å². The molecule has 32 heavy (non-hydrogen) atoms. The summed E-state index contributed by atoms with van der Waals surface area (Å²) in [4.78, 5) is 32.4. The summed E-state index contributed by atoms with van der Waals surface area (Å²) < 4.78 is 10.9. The molecule has 0 saturated carbocycles. The standard InChI is InChI=1S/C24H34N4O4/c1-23(2,3)32-22(30)28-15-7-13-24(28,21(29)27-14-6-8-19(27)16-25)17-26(4)18-9-11-20(31-5)12-10-18/h9-12,19H,6-8,13-15,17H2,1-5H3/t19-,24-/m0/s1. The van der Waals surface area contributed by atoms with Crippen molar-refractivity contribution in [2.75, 3.05) is 38.7 Å². The molecule has 2 aliphatic heterocycles. The number of likely N-dealkylation sites (tertiary alicyclic amines) is 2. The number of hydrogen-bond donors (Lipinski definition) is 0. The molecule has 8 heteroatoms. The van der Waals surface area contributed by atoms with Crippen LogP contribution in [0.4, 0.5) is 10.5 Å². The summed E-state index contributed by atoms with van der Waals surface area (Å²) in [7, 11) is 3.53. The van der Waals surface area contributed by atoms with E-state index in [0.717, 1.165) is 17.9 Å². The predicted octanol–water partition coefficient (Wildman–Crippen LogP) is 3.42. The molecule has 2 saturated heterocycles. The zero-order chi connectivity index (χ0) is 23.5. The fourth-order valence-electron chi connectivity index (χ4n) is 4.65. The number of likely N-dealkylation sites (N-methyl/N-ethyl adjacent to an activating group) is 1. The first-order chi connectivity index (χ1) is 15.1. The SMILES string of the molecule is COc1ccc(N(C)C[C@]2(C(=O)N3CCC[C@H]3C#N)CCCN2C(=O)OC(C)(C)C)cc1. The van der Waals surface area contributed by atoms with Crippen molar-refractivity contribution in [2.24, 2.45) is 0 Å². The van der Waals surface area contributed by atoms with E-state index >= 15 is 0 Å². The Labute approximate surface area is 190 Å². The fourth-order valence-corrected chi connectivity index (χ4v) is 4.65. The van der Waals surface area contributed by atoms with Gasteiger partial charge in [0.15, 0.2) is 0 Å². The van der Waals surface area contributed by atoms with Gasteiger partial charge in [-0.1, -0.05) is 0 Å². The summed E-state index contributed by atoms with van der Waals surface area (Å²) >= 11 is 0. The number of anilines is 1. The van der Waals surface area contributed by atoms with Crippen molar-refractivity contribution in [1.82, 2.24) is 9.80 Å². The molecule has 1 aromatic carbocycles. The molecule has 2 heterocycles. The molecular weight excluding hydrogens is 408 g/mol. The second-order valence-electron chi connectivity index (χ2n) is 9.61. The molecule has 0 N–H and O–H groups in total. The maximum atomic E-state index is 14.0. The zero-order valence-electron chi connectivity index (χ0n) is 19.8. The maximum absolute atomic E-state index is 14.0. The normalized spacial score (nSPS) is 23.1. The second kappa shape index (κ2) is 9.27. The van der Waals surface area contributed by atoms with Crippen molar-refractivity contribution in [3.63, 3.8) is 0 Å². The summed E-state index contributed by atoms with van der Waals surface area (Å²) in [6, 6.07) is 9.40. The van der Waals surface area contributed by atoms with Crippen molar-refractivity contribution in [2.45, 2.75) is 63.6 Å². The number of benzene rings is 1. The number of amides is 2. The van der Waals surface area contributed by atoms with Crippen LogP contribution in [0.15, 0.2) is 24.3 Å². The summed E-state index contributed by atoms with van der Waals surface area (Å²) in [6.45, 7) is 6.75. The van der Waals surface area contributed by atoms with Crippen molar-refractivity contribution in [3.05, 3.63) is 24.3 Å². The molecule has 0 radical (unpaired) electrons. The number of methoxy groups -OCH3 is 1. The lowest BCUT2D eigenvalue weighted by Gasteiger charge is -2.43. The highest BCUT2D eigenvalue weighted by Crippen LogP contribution is 2.36. The molecule has 0 aromatic heterocycles. The van der Waals surface area contributed by atoms with Crippen molar-refractivity contribution in [1.29, 1.82) is 5.26 Å². The van der Waals surface area contributed by atoms with Crippen LogP contribution in [-0.4, -0.2) is 72.8 Å². The van der Waals surface area contributed by atoms with Gasteiger partial charge in [-0.2, -0.15) is 5.26 Å². The van der Waals surface area contributed by atoms with E-state index in [2.05, 4.69) is 6.07 Å². The third-order valence-electron chi connectivity index (χ3n) is 6.18. The van der Waals surface area contributed by atoms with E-state index in [0.29, 0.717) is 38.9 Å². The second-order valence-corrected chi connectivity index (χ2v) is 9.61. The van der Waals surface area contributed by atoms with E-state index in [1.807, 2.05) is 57.0 Å². The van der Waals surface area contributed by atoms with Crippen molar-refractivity contribution >= 4 is 17.7 Å². The lowest BCUT2D eigenvalue weighted by atomic mass is 9.92. The van der Waals surface area contributed by atoms with E-state index < -0.39 is 23.3 Å². The number of rotatable bonds is 5. The minimum atomic E-state index is -1.09. The lowest BCUT2D eigenvalue weighted by Crippen LogP contribution is -2.64. The van der Waals surface area contributed by atoms with Crippen LogP contribution in [0.2, 0.25) is 0 Å². The molecule has 2 atom stereocenters. The van der Waals surface area contributed by atoms with Gasteiger partial charge in [0.05, 0.1) is 19.7 Å². The van der Waals surface area contributed by atoms with E-state index in [1.165, 1.54) is 0 Å². The fraction of sp³-hybridized carbons (Fsp3) is 0.625. The summed E-state index contributed by atoms with van der Waals surface area (Å²) in [5.74, 6) is 0.586. The van der Waals surface area contributed by atoms with Crippen LogP contribution in [0.3, 0.4) is 0 Å². The number of hydrogen-bond acceptors (Lipinski definition) is 6. The van der Waals surface area contributed by atoms with E-state index in [9.17, 15) is 14.9 Å². The molecule has 0 spiro atoms. The van der Waals surface area contributed by atoms with Gasteiger partial charge >= 0.3 is 6.09 Å². The smallest absolute Gasteiger partial charge is 0.411 e. The van der Waals surface area contributed by atoms with Gasteiger partial charge in [0.2, 0.25) is 0 Å². The Balaban J connectivity index is 1.95. The zero-order valence-corrected chi connectivity index (χ0v) is 19.8. The molecular formula is C24H34N4O4. The van der Waals surface area contributed by atoms with E-state index in [-0.39, 0.29) is 5.91 Å². The average Bonchev–Trinajstić information content (AvgIpc) is 3.39. The minimum Gasteiger partial charge on any atom is -0.497 e. The third kappa shape index (κ3) is 4.77. The van der Waals surface area contributed by atoms with Gasteiger partial charge < -0.3 is 19.3 Å². The molecule has 2 aliphatic rings. The van der Waals surface area contributed by atoms with Crippen molar-refractivity contribution in [3.8, 4) is 11.8 Å². The van der Waals surface area contributed by atoms with Crippen LogP contribution >= 0.6 is 0 Å². The quantitative estimate of drug-likeness (QED) is 0.695. The predicted molar refractivity (Wildman–Crippen MR) is 122 cm³/mol. The molecule has 174 valence electrons. The van der Waals surface area contributed by atoms with Crippen LogP contribution in [0.5, 0.6) is 5.75 Å². The molecule has 2 amide bonds. The molecule has 3 rings (SSSR count). The van der Waals surface area contributed by atoms with Crippen LogP contribution in [-0.2, 0) is 9.53 Å². The Kier molecular flexibility index (Phi) is 6.87. The van der Waals surface area contributed by atoms with Gasteiger partial charge in [-0.3, -0.25) is 9.69 Å². The molecule has 0 bridgehead atoms. The van der Waals surface area contributed by atoms with Crippen molar-refractivity contribution < 1.29 is 19.1 Å². The Morgan fingerprint density at radius 2 is 1.91 bits per heavy atom. The van der Waals surface area contributed by atoms with Crippen LogP contribution in [0, 0.1) is 11.3 Å². The van der Waals surface area contributed by atoms with Crippen LogP contribution in [0.1, 0.15) is 46.5 Å².